The molecule has 0 aromatic rings. The molecule has 0 aromatic carbocycles. The maximum atomic E-state index is 11.6. The molecule has 0 radical (unpaired) electrons. The van der Waals surface area contributed by atoms with E-state index in [2.05, 4.69) is 13.8 Å². The number of nitrogens with two attached hydrogens (primary N) is 1. The van der Waals surface area contributed by atoms with Crippen LogP contribution in [-0.4, -0.2) is 43.7 Å². The summed E-state index contributed by atoms with van der Waals surface area (Å²) in [6.45, 7) is 8.02. The second kappa shape index (κ2) is 10.8. The number of amides is 1. The molecule has 4 nitrogen and oxygen atoms in total. The molecular weight excluding hydrogens is 240 g/mol. The largest absolute Gasteiger partial charge is 0.381 e. The van der Waals surface area contributed by atoms with Crippen molar-refractivity contribution in [2.45, 2.75) is 39.7 Å². The van der Waals surface area contributed by atoms with Gasteiger partial charge in [-0.3, -0.25) is 4.79 Å². The van der Waals surface area contributed by atoms with Crippen molar-refractivity contribution in [1.29, 1.82) is 0 Å². The van der Waals surface area contributed by atoms with E-state index in [0.29, 0.717) is 25.6 Å². The minimum Gasteiger partial charge on any atom is -0.381 e. The van der Waals surface area contributed by atoms with Gasteiger partial charge >= 0.3 is 0 Å². The summed E-state index contributed by atoms with van der Waals surface area (Å²) in [7, 11) is 1.82. The van der Waals surface area contributed by atoms with Gasteiger partial charge in [0, 0.05) is 26.2 Å². The molecule has 1 atom stereocenters. The topological polar surface area (TPSA) is 55.6 Å². The van der Waals surface area contributed by atoms with Crippen molar-refractivity contribution < 1.29 is 9.53 Å². The quantitative estimate of drug-likeness (QED) is 0.680. The highest BCUT2D eigenvalue weighted by molar-refractivity contribution is 5.85. The van der Waals surface area contributed by atoms with Gasteiger partial charge in [0.15, 0.2) is 0 Å². The van der Waals surface area contributed by atoms with E-state index >= 15 is 0 Å². The summed E-state index contributed by atoms with van der Waals surface area (Å²) >= 11 is 0. The van der Waals surface area contributed by atoms with Gasteiger partial charge in [-0.25, -0.2) is 0 Å². The van der Waals surface area contributed by atoms with Crippen LogP contribution in [0.15, 0.2) is 0 Å². The molecule has 0 aliphatic rings. The lowest BCUT2D eigenvalue weighted by Crippen LogP contribution is -2.35. The van der Waals surface area contributed by atoms with Gasteiger partial charge in [-0.1, -0.05) is 13.8 Å². The number of carbonyl (C=O) groups is 1. The molecule has 0 spiro atoms. The van der Waals surface area contributed by atoms with Crippen LogP contribution in [0.5, 0.6) is 0 Å². The molecule has 0 aromatic heterocycles. The van der Waals surface area contributed by atoms with Crippen molar-refractivity contribution >= 4 is 18.3 Å². The van der Waals surface area contributed by atoms with Crippen LogP contribution in [0.1, 0.15) is 33.6 Å². The van der Waals surface area contributed by atoms with Crippen LogP contribution in [0, 0.1) is 5.92 Å². The molecule has 0 saturated heterocycles. The Labute approximate surface area is 111 Å². The minimum atomic E-state index is 0. The van der Waals surface area contributed by atoms with E-state index in [1.165, 1.54) is 0 Å². The first kappa shape index (κ1) is 19.0. The third kappa shape index (κ3) is 9.39. The van der Waals surface area contributed by atoms with Gasteiger partial charge in [-0.05, 0) is 19.3 Å². The van der Waals surface area contributed by atoms with Crippen molar-refractivity contribution in [2.75, 3.05) is 26.8 Å². The third-order valence-corrected chi connectivity index (χ3v) is 2.74. The number of ether oxygens (including phenoxy) is 1. The Morgan fingerprint density at radius 3 is 2.47 bits per heavy atom. The van der Waals surface area contributed by atoms with Crippen molar-refractivity contribution in [3.8, 4) is 0 Å². The maximum absolute atomic E-state index is 11.6. The average Bonchev–Trinajstić information content (AvgIpc) is 2.25. The Morgan fingerprint density at radius 2 is 2.00 bits per heavy atom. The lowest BCUT2D eigenvalue weighted by molar-refractivity contribution is -0.131. The first-order chi connectivity index (χ1) is 7.49. The van der Waals surface area contributed by atoms with Gasteiger partial charge in [-0.2, -0.15) is 0 Å². The van der Waals surface area contributed by atoms with E-state index in [1.54, 1.807) is 4.90 Å². The molecule has 0 bridgehead atoms. The molecule has 2 N–H and O–H groups in total. The summed E-state index contributed by atoms with van der Waals surface area (Å²) in [5.41, 5.74) is 5.92. The number of hydrogen-bond donors (Lipinski definition) is 1. The van der Waals surface area contributed by atoms with Crippen LogP contribution < -0.4 is 5.73 Å². The molecule has 0 aliphatic heterocycles. The normalized spacial score (nSPS) is 12.1. The van der Waals surface area contributed by atoms with Gasteiger partial charge in [0.1, 0.15) is 0 Å². The molecule has 0 saturated carbocycles. The summed E-state index contributed by atoms with van der Waals surface area (Å²) in [6.07, 6.45) is 1.32. The van der Waals surface area contributed by atoms with Crippen LogP contribution in [-0.2, 0) is 9.53 Å². The molecule has 104 valence electrons. The summed E-state index contributed by atoms with van der Waals surface area (Å²) in [5.74, 6) is 0.594. The Bertz CT molecular complexity index is 201. The predicted molar refractivity (Wildman–Crippen MR) is 73.4 cm³/mol. The van der Waals surface area contributed by atoms with Crippen molar-refractivity contribution in [3.63, 3.8) is 0 Å². The first-order valence-electron chi connectivity index (χ1n) is 6.06. The molecule has 5 heteroatoms. The predicted octanol–water partition coefficient (Wildman–Crippen LogP) is 1.67. The van der Waals surface area contributed by atoms with Crippen LogP contribution in [0.3, 0.4) is 0 Å². The van der Waals surface area contributed by atoms with Gasteiger partial charge in [0.25, 0.3) is 0 Å². The highest BCUT2D eigenvalue weighted by Gasteiger charge is 2.12. The van der Waals surface area contributed by atoms with Crippen LogP contribution in [0.4, 0.5) is 0 Å². The number of nitrogens with zero attached hydrogens (tertiary/aromatic N) is 1. The second-order valence-electron chi connectivity index (χ2n) is 4.46. The Kier molecular flexibility index (Phi) is 12.1. The van der Waals surface area contributed by atoms with E-state index in [1.807, 2.05) is 14.0 Å². The Balaban J connectivity index is 0. The van der Waals surface area contributed by atoms with Crippen molar-refractivity contribution in [3.05, 3.63) is 0 Å². The zero-order chi connectivity index (χ0) is 12.6. The van der Waals surface area contributed by atoms with Gasteiger partial charge in [-0.15, -0.1) is 12.4 Å². The zero-order valence-corrected chi connectivity index (χ0v) is 12.3. The monoisotopic (exact) mass is 266 g/mol. The average molecular weight is 267 g/mol. The molecule has 1 amide bonds. The zero-order valence-electron chi connectivity index (χ0n) is 11.4. The number of carbonyl (C=O) groups excluding carboxylic acids is 1. The van der Waals surface area contributed by atoms with E-state index in [9.17, 15) is 4.79 Å². The highest BCUT2D eigenvalue weighted by Crippen LogP contribution is 2.04. The van der Waals surface area contributed by atoms with E-state index in [0.717, 1.165) is 13.0 Å². The minimum absolute atomic E-state index is 0. The Morgan fingerprint density at radius 1 is 1.41 bits per heavy atom. The third-order valence-electron chi connectivity index (χ3n) is 2.74. The summed E-state index contributed by atoms with van der Waals surface area (Å²) < 4.78 is 5.15. The SMILES string of the molecule is CCOCCC(=O)N(C)CCC(N)C(C)C.Cl. The summed E-state index contributed by atoms with van der Waals surface area (Å²) in [5, 5.41) is 0. The number of rotatable bonds is 8. The van der Waals surface area contributed by atoms with Gasteiger partial charge < -0.3 is 15.4 Å². The fraction of sp³-hybridized carbons (Fsp3) is 0.917. The van der Waals surface area contributed by atoms with Crippen molar-refractivity contribution in [1.82, 2.24) is 4.90 Å². The van der Waals surface area contributed by atoms with Crippen LogP contribution in [0.2, 0.25) is 0 Å². The Hall–Kier alpha value is -0.320. The van der Waals surface area contributed by atoms with Gasteiger partial charge in [0.05, 0.1) is 13.0 Å². The van der Waals surface area contributed by atoms with E-state index in [-0.39, 0.29) is 24.4 Å². The van der Waals surface area contributed by atoms with Crippen LogP contribution in [0.25, 0.3) is 0 Å². The van der Waals surface area contributed by atoms with Gasteiger partial charge in [0.2, 0.25) is 5.91 Å². The molecule has 0 heterocycles. The fourth-order valence-electron chi connectivity index (χ4n) is 1.30. The van der Waals surface area contributed by atoms with Crippen molar-refractivity contribution in [2.24, 2.45) is 11.7 Å². The second-order valence-corrected chi connectivity index (χ2v) is 4.46. The maximum Gasteiger partial charge on any atom is 0.224 e. The molecular formula is C12H27ClN2O2. The standard InChI is InChI=1S/C12H26N2O2.ClH/c1-5-16-9-7-12(15)14(4)8-6-11(13)10(2)3;/h10-11H,5-9,13H2,1-4H3;1H. The van der Waals surface area contributed by atoms with Crippen LogP contribution >= 0.6 is 12.4 Å². The van der Waals surface area contributed by atoms with E-state index in [4.69, 9.17) is 10.5 Å². The lowest BCUT2D eigenvalue weighted by atomic mass is 10.0. The number of hydrogen-bond acceptors (Lipinski definition) is 3. The summed E-state index contributed by atoms with van der Waals surface area (Å²) in [4.78, 5) is 13.3. The smallest absolute Gasteiger partial charge is 0.224 e. The molecule has 0 aliphatic carbocycles. The summed E-state index contributed by atoms with van der Waals surface area (Å²) in [6, 6.07) is 0.169. The first-order valence-corrected chi connectivity index (χ1v) is 6.06. The molecule has 1 unspecified atom stereocenters. The number of halogens is 1. The molecule has 0 fully saturated rings. The van der Waals surface area contributed by atoms with E-state index < -0.39 is 0 Å². The molecule has 17 heavy (non-hydrogen) atoms. The highest BCUT2D eigenvalue weighted by atomic mass is 35.5. The molecule has 0 rings (SSSR count). The lowest BCUT2D eigenvalue weighted by Gasteiger charge is -2.21. The fourth-order valence-corrected chi connectivity index (χ4v) is 1.30.